The Bertz CT molecular complexity index is 1460. The minimum atomic E-state index is -0.667. The molecule has 2 heterocycles. The maximum Gasteiger partial charge on any atom is 0.269 e. The third-order valence-electron chi connectivity index (χ3n) is 5.91. The molecule has 0 radical (unpaired) electrons. The standard InChI is InChI=1S/C27H26ClFN2O3S/c1-27(2,3)23(32)15-25-31(16-24(33)30-13-7-9-17-8-4-5-12-21(17)30)26(34)22(35-25)14-18-19(28)10-6-11-20(18)29/h4-6,8,10-12,14-15H,7,9,13,16H2,1-3H3/b22-14-,25-15-. The molecule has 0 N–H and O–H groups in total. The number of benzene rings is 2. The van der Waals surface area contributed by atoms with Gasteiger partial charge in [0.25, 0.3) is 5.56 Å². The summed E-state index contributed by atoms with van der Waals surface area (Å²) in [4.78, 5) is 41.2. The fraction of sp³-hybridized carbons (Fsp3) is 0.296. The van der Waals surface area contributed by atoms with Crippen molar-refractivity contribution in [2.75, 3.05) is 11.4 Å². The molecule has 5 nitrogen and oxygen atoms in total. The van der Waals surface area contributed by atoms with Crippen molar-refractivity contribution in [2.45, 2.75) is 40.2 Å². The molecule has 0 aliphatic carbocycles. The molecule has 182 valence electrons. The van der Waals surface area contributed by atoms with Crippen LogP contribution < -0.4 is 19.7 Å². The molecule has 35 heavy (non-hydrogen) atoms. The molecule has 0 bridgehead atoms. The number of carbonyl (C=O) groups excluding carboxylic acids is 2. The number of Topliss-reactive ketones (excluding diaryl/α,β-unsaturated/α-hetero) is 1. The molecule has 1 aliphatic rings. The highest BCUT2D eigenvalue weighted by Crippen LogP contribution is 2.27. The minimum Gasteiger partial charge on any atom is -0.311 e. The molecule has 1 aliphatic heterocycles. The summed E-state index contributed by atoms with van der Waals surface area (Å²) in [5, 5.41) is 0.168. The fourth-order valence-electron chi connectivity index (χ4n) is 3.91. The van der Waals surface area contributed by atoms with E-state index in [4.69, 9.17) is 11.6 Å². The van der Waals surface area contributed by atoms with Gasteiger partial charge in [-0.15, -0.1) is 11.3 Å². The Morgan fingerprint density at radius 3 is 2.60 bits per heavy atom. The molecule has 0 spiro atoms. The number of para-hydroxylation sites is 1. The van der Waals surface area contributed by atoms with Crippen LogP contribution in [0.5, 0.6) is 0 Å². The van der Waals surface area contributed by atoms with Crippen molar-refractivity contribution in [1.82, 2.24) is 4.57 Å². The number of carbonyl (C=O) groups is 2. The lowest BCUT2D eigenvalue weighted by atomic mass is 9.91. The van der Waals surface area contributed by atoms with E-state index in [1.54, 1.807) is 25.7 Å². The molecule has 1 amide bonds. The van der Waals surface area contributed by atoms with Crippen molar-refractivity contribution in [2.24, 2.45) is 5.41 Å². The third kappa shape index (κ3) is 5.31. The van der Waals surface area contributed by atoms with Crippen LogP contribution in [0.1, 0.15) is 38.3 Å². The Morgan fingerprint density at radius 1 is 1.14 bits per heavy atom. The first-order chi connectivity index (χ1) is 16.6. The normalized spacial score (nSPS) is 14.8. The van der Waals surface area contributed by atoms with Crippen LogP contribution >= 0.6 is 22.9 Å². The first kappa shape index (κ1) is 25.1. The maximum atomic E-state index is 14.4. The largest absolute Gasteiger partial charge is 0.311 e. The number of halogens is 2. The summed E-state index contributed by atoms with van der Waals surface area (Å²) in [5.74, 6) is -0.988. The lowest BCUT2D eigenvalue weighted by Crippen LogP contribution is -2.42. The summed E-state index contributed by atoms with van der Waals surface area (Å²) in [6.07, 6.45) is 4.48. The van der Waals surface area contributed by atoms with E-state index in [2.05, 4.69) is 0 Å². The van der Waals surface area contributed by atoms with Gasteiger partial charge in [-0.2, -0.15) is 0 Å². The number of nitrogens with zero attached hydrogens (tertiary/aromatic N) is 2. The van der Waals surface area contributed by atoms with Crippen LogP contribution in [-0.2, 0) is 22.6 Å². The van der Waals surface area contributed by atoms with E-state index in [0.717, 1.165) is 35.4 Å². The number of anilines is 1. The molecule has 3 aromatic rings. The first-order valence-electron chi connectivity index (χ1n) is 11.4. The summed E-state index contributed by atoms with van der Waals surface area (Å²) < 4.78 is 16.2. The van der Waals surface area contributed by atoms with Gasteiger partial charge in [0.2, 0.25) is 5.91 Å². The van der Waals surface area contributed by atoms with Gasteiger partial charge < -0.3 is 4.90 Å². The summed E-state index contributed by atoms with van der Waals surface area (Å²) in [7, 11) is 0. The lowest BCUT2D eigenvalue weighted by molar-refractivity contribution is -0.120. The predicted molar refractivity (Wildman–Crippen MR) is 139 cm³/mol. The highest BCUT2D eigenvalue weighted by molar-refractivity contribution is 7.07. The molecule has 0 saturated carbocycles. The number of rotatable bonds is 4. The van der Waals surface area contributed by atoms with Gasteiger partial charge in [-0.25, -0.2) is 4.39 Å². The van der Waals surface area contributed by atoms with Gasteiger partial charge in [0.15, 0.2) is 5.78 Å². The van der Waals surface area contributed by atoms with Crippen molar-refractivity contribution < 1.29 is 14.0 Å². The molecular formula is C27H26ClFN2O3S. The quantitative estimate of drug-likeness (QED) is 0.532. The zero-order valence-corrected chi connectivity index (χ0v) is 21.4. The van der Waals surface area contributed by atoms with E-state index >= 15 is 0 Å². The third-order valence-corrected chi connectivity index (χ3v) is 7.30. The van der Waals surface area contributed by atoms with Crippen LogP contribution in [0.4, 0.5) is 10.1 Å². The van der Waals surface area contributed by atoms with Crippen molar-refractivity contribution in [3.05, 3.63) is 84.0 Å². The van der Waals surface area contributed by atoms with Crippen LogP contribution in [0, 0.1) is 11.2 Å². The smallest absolute Gasteiger partial charge is 0.269 e. The van der Waals surface area contributed by atoms with Crippen molar-refractivity contribution in [3.8, 4) is 0 Å². The molecule has 0 atom stereocenters. The lowest BCUT2D eigenvalue weighted by Gasteiger charge is -2.29. The number of hydrogen-bond acceptors (Lipinski definition) is 4. The zero-order chi connectivity index (χ0) is 25.3. The number of hydrogen-bond donors (Lipinski definition) is 0. The Labute approximate surface area is 211 Å². The first-order valence-corrected chi connectivity index (χ1v) is 12.6. The molecule has 0 saturated heterocycles. The molecule has 8 heteroatoms. The highest BCUT2D eigenvalue weighted by atomic mass is 35.5. The van der Waals surface area contributed by atoms with Crippen molar-refractivity contribution >= 4 is 52.5 Å². The van der Waals surface area contributed by atoms with E-state index in [1.165, 1.54) is 34.9 Å². The molecular weight excluding hydrogens is 487 g/mol. The molecule has 2 aromatic carbocycles. The molecule has 4 rings (SSSR count). The van der Waals surface area contributed by atoms with Crippen LogP contribution in [0.25, 0.3) is 12.2 Å². The Morgan fingerprint density at radius 2 is 1.89 bits per heavy atom. The van der Waals surface area contributed by atoms with Gasteiger partial charge in [-0.3, -0.25) is 19.0 Å². The number of aryl methyl sites for hydroxylation is 1. The van der Waals surface area contributed by atoms with E-state index in [9.17, 15) is 18.8 Å². The maximum absolute atomic E-state index is 14.4. The zero-order valence-electron chi connectivity index (χ0n) is 19.8. The predicted octanol–water partition coefficient (Wildman–Crippen LogP) is 3.91. The number of aromatic nitrogens is 1. The second-order valence-corrected chi connectivity index (χ2v) is 11.0. The van der Waals surface area contributed by atoms with Gasteiger partial charge in [0.1, 0.15) is 17.0 Å². The molecule has 0 unspecified atom stereocenters. The van der Waals surface area contributed by atoms with Crippen LogP contribution in [0.2, 0.25) is 5.02 Å². The van der Waals surface area contributed by atoms with Crippen LogP contribution in [0.3, 0.4) is 0 Å². The number of fused-ring (bicyclic) bond motifs is 1. The summed E-state index contributed by atoms with van der Waals surface area (Å²) in [6, 6.07) is 12.0. The van der Waals surface area contributed by atoms with Crippen molar-refractivity contribution in [1.29, 1.82) is 0 Å². The van der Waals surface area contributed by atoms with Crippen LogP contribution in [0.15, 0.2) is 47.3 Å². The average Bonchev–Trinajstić information content (AvgIpc) is 3.09. The van der Waals surface area contributed by atoms with E-state index in [-0.39, 0.29) is 33.4 Å². The average molecular weight is 513 g/mol. The van der Waals surface area contributed by atoms with E-state index < -0.39 is 16.8 Å². The second kappa shape index (κ2) is 9.91. The second-order valence-electron chi connectivity index (χ2n) is 9.51. The molecule has 1 aromatic heterocycles. The Kier molecular flexibility index (Phi) is 7.10. The van der Waals surface area contributed by atoms with Gasteiger partial charge in [0, 0.05) is 29.3 Å². The van der Waals surface area contributed by atoms with Gasteiger partial charge in [-0.1, -0.05) is 56.6 Å². The SMILES string of the molecule is CC(C)(C)C(=O)/C=c1\s/c(=C\c2c(F)cccc2Cl)c(=O)n1CC(=O)N1CCCc2ccccc21. The summed E-state index contributed by atoms with van der Waals surface area (Å²) in [5.41, 5.74) is 0.876. The van der Waals surface area contributed by atoms with Gasteiger partial charge in [0.05, 0.1) is 9.55 Å². The number of ketones is 1. The van der Waals surface area contributed by atoms with E-state index in [0.29, 0.717) is 11.2 Å². The minimum absolute atomic E-state index is 0.0876. The Hall–Kier alpha value is -3.03. The Balaban J connectivity index is 1.83. The topological polar surface area (TPSA) is 59.4 Å². The number of amides is 1. The van der Waals surface area contributed by atoms with Crippen LogP contribution in [-0.4, -0.2) is 22.8 Å². The molecule has 0 fully saturated rings. The van der Waals surface area contributed by atoms with Gasteiger partial charge >= 0.3 is 0 Å². The van der Waals surface area contributed by atoms with Gasteiger partial charge in [-0.05, 0) is 42.7 Å². The van der Waals surface area contributed by atoms with E-state index in [1.807, 2.05) is 24.3 Å². The summed E-state index contributed by atoms with van der Waals surface area (Å²) >= 11 is 7.20. The number of thiazole rings is 1. The van der Waals surface area contributed by atoms with Crippen molar-refractivity contribution in [3.63, 3.8) is 0 Å². The summed E-state index contributed by atoms with van der Waals surface area (Å²) in [6.45, 7) is 5.67. The highest BCUT2D eigenvalue weighted by Gasteiger charge is 2.24. The monoisotopic (exact) mass is 512 g/mol. The fourth-order valence-corrected chi connectivity index (χ4v) is 5.16.